The number of fused-ring (bicyclic) bond motifs is 1. The second-order valence-electron chi connectivity index (χ2n) is 5.67. The first kappa shape index (κ1) is 11.2. The summed E-state index contributed by atoms with van der Waals surface area (Å²) in [5.74, 6) is 0. The van der Waals surface area contributed by atoms with Crippen LogP contribution < -0.4 is 5.32 Å². The Labute approximate surface area is 103 Å². The van der Waals surface area contributed by atoms with Gasteiger partial charge in [-0.3, -0.25) is 0 Å². The topological polar surface area (TPSA) is 32.3 Å². The molecule has 2 aliphatic rings. The normalized spacial score (nSPS) is 26.1. The lowest BCUT2D eigenvalue weighted by molar-refractivity contribution is -0.0334. The molecule has 92 valence electrons. The largest absolute Gasteiger partial charge is 0.389 e. The van der Waals surface area contributed by atoms with Crippen LogP contribution in [-0.2, 0) is 12.8 Å². The highest BCUT2D eigenvalue weighted by Gasteiger charge is 2.34. The lowest BCUT2D eigenvalue weighted by Gasteiger charge is -2.38. The van der Waals surface area contributed by atoms with Crippen LogP contribution in [0.15, 0.2) is 24.3 Å². The van der Waals surface area contributed by atoms with Gasteiger partial charge in [-0.05, 0) is 49.7 Å². The standard InChI is InChI=1S/C15H21NO/c17-15(8-3-9-15)11-16-14-7-6-12-4-1-2-5-13(12)10-14/h1-2,4-5,14,16-17H,3,6-11H2. The van der Waals surface area contributed by atoms with Gasteiger partial charge in [0.05, 0.1) is 5.60 Å². The third-order valence-corrected chi connectivity index (χ3v) is 4.35. The van der Waals surface area contributed by atoms with Crippen LogP contribution in [0.1, 0.15) is 36.8 Å². The second kappa shape index (κ2) is 4.43. The molecule has 0 aromatic heterocycles. The molecule has 2 N–H and O–H groups in total. The highest BCUT2D eigenvalue weighted by Crippen LogP contribution is 2.31. The van der Waals surface area contributed by atoms with E-state index < -0.39 is 5.60 Å². The Kier molecular flexibility index (Phi) is 2.93. The minimum Gasteiger partial charge on any atom is -0.389 e. The molecule has 1 atom stereocenters. The molecule has 0 aliphatic heterocycles. The maximum atomic E-state index is 10.1. The molecular formula is C15H21NO. The van der Waals surface area contributed by atoms with Crippen LogP contribution in [0.3, 0.4) is 0 Å². The zero-order valence-corrected chi connectivity index (χ0v) is 10.3. The van der Waals surface area contributed by atoms with E-state index in [1.165, 1.54) is 30.4 Å². The third-order valence-electron chi connectivity index (χ3n) is 4.35. The number of rotatable bonds is 3. The molecule has 0 heterocycles. The average Bonchev–Trinajstić information content (AvgIpc) is 2.34. The van der Waals surface area contributed by atoms with Gasteiger partial charge in [0.25, 0.3) is 0 Å². The molecule has 1 unspecified atom stereocenters. The molecule has 2 heteroatoms. The maximum Gasteiger partial charge on any atom is 0.0771 e. The van der Waals surface area contributed by atoms with Crippen molar-refractivity contribution in [3.8, 4) is 0 Å². The van der Waals surface area contributed by atoms with Gasteiger partial charge in [-0.25, -0.2) is 0 Å². The van der Waals surface area contributed by atoms with Crippen molar-refractivity contribution in [3.05, 3.63) is 35.4 Å². The van der Waals surface area contributed by atoms with Crippen molar-refractivity contribution in [2.45, 2.75) is 50.2 Å². The van der Waals surface area contributed by atoms with Gasteiger partial charge in [-0.2, -0.15) is 0 Å². The van der Waals surface area contributed by atoms with Crippen LogP contribution in [0, 0.1) is 0 Å². The maximum absolute atomic E-state index is 10.1. The fourth-order valence-corrected chi connectivity index (χ4v) is 2.97. The summed E-state index contributed by atoms with van der Waals surface area (Å²) >= 11 is 0. The van der Waals surface area contributed by atoms with E-state index in [1.807, 2.05) is 0 Å². The number of benzene rings is 1. The molecule has 17 heavy (non-hydrogen) atoms. The quantitative estimate of drug-likeness (QED) is 0.834. The molecule has 0 radical (unpaired) electrons. The van der Waals surface area contributed by atoms with E-state index in [0.29, 0.717) is 6.04 Å². The summed E-state index contributed by atoms with van der Waals surface area (Å²) in [6.45, 7) is 0.778. The van der Waals surface area contributed by atoms with E-state index in [1.54, 1.807) is 0 Å². The summed E-state index contributed by atoms with van der Waals surface area (Å²) in [5.41, 5.74) is 2.60. The van der Waals surface area contributed by atoms with Gasteiger partial charge in [0.15, 0.2) is 0 Å². The average molecular weight is 231 g/mol. The summed E-state index contributed by atoms with van der Waals surface area (Å²) in [6, 6.07) is 9.28. The minimum absolute atomic E-state index is 0.392. The van der Waals surface area contributed by atoms with Crippen LogP contribution in [0.25, 0.3) is 0 Å². The molecule has 1 aromatic rings. The van der Waals surface area contributed by atoms with Crippen molar-refractivity contribution in [3.63, 3.8) is 0 Å². The van der Waals surface area contributed by atoms with E-state index >= 15 is 0 Å². The van der Waals surface area contributed by atoms with Gasteiger partial charge < -0.3 is 10.4 Å². The van der Waals surface area contributed by atoms with Gasteiger partial charge in [-0.15, -0.1) is 0 Å². The molecule has 1 saturated carbocycles. The summed E-state index contributed by atoms with van der Waals surface area (Å²) in [6.07, 6.45) is 6.63. The second-order valence-corrected chi connectivity index (χ2v) is 5.67. The zero-order chi connectivity index (χ0) is 11.7. The smallest absolute Gasteiger partial charge is 0.0771 e. The number of nitrogens with one attached hydrogen (secondary N) is 1. The predicted octanol–water partition coefficient (Wildman–Crippen LogP) is 2.05. The van der Waals surface area contributed by atoms with E-state index in [0.717, 1.165) is 25.8 Å². The predicted molar refractivity (Wildman–Crippen MR) is 69.1 cm³/mol. The fraction of sp³-hybridized carbons (Fsp3) is 0.600. The Morgan fingerprint density at radius 1 is 1.24 bits per heavy atom. The highest BCUT2D eigenvalue weighted by molar-refractivity contribution is 5.30. The first-order valence-electron chi connectivity index (χ1n) is 6.78. The summed E-state index contributed by atoms with van der Waals surface area (Å²) < 4.78 is 0. The molecule has 1 aromatic carbocycles. The fourth-order valence-electron chi connectivity index (χ4n) is 2.97. The SMILES string of the molecule is OC1(CNC2CCc3ccccc3C2)CCC1. The van der Waals surface area contributed by atoms with Gasteiger partial charge in [0.1, 0.15) is 0 Å². The molecule has 0 saturated heterocycles. The van der Waals surface area contributed by atoms with E-state index in [2.05, 4.69) is 29.6 Å². The van der Waals surface area contributed by atoms with Crippen molar-refractivity contribution in [2.75, 3.05) is 6.54 Å². The Bertz CT molecular complexity index is 398. The van der Waals surface area contributed by atoms with E-state index in [4.69, 9.17) is 0 Å². The van der Waals surface area contributed by atoms with Crippen molar-refractivity contribution >= 4 is 0 Å². The lowest BCUT2D eigenvalue weighted by atomic mass is 9.79. The monoisotopic (exact) mass is 231 g/mol. The van der Waals surface area contributed by atoms with Crippen LogP contribution in [0.4, 0.5) is 0 Å². The summed E-state index contributed by atoms with van der Waals surface area (Å²) in [7, 11) is 0. The third kappa shape index (κ3) is 2.38. The molecule has 2 nitrogen and oxygen atoms in total. The Morgan fingerprint density at radius 2 is 2.00 bits per heavy atom. The number of aliphatic hydroxyl groups is 1. The molecule has 3 rings (SSSR count). The van der Waals surface area contributed by atoms with Gasteiger partial charge in [0.2, 0.25) is 0 Å². The zero-order valence-electron chi connectivity index (χ0n) is 10.3. The highest BCUT2D eigenvalue weighted by atomic mass is 16.3. The molecule has 0 spiro atoms. The molecule has 0 bridgehead atoms. The van der Waals surface area contributed by atoms with Crippen LogP contribution in [0.2, 0.25) is 0 Å². The van der Waals surface area contributed by atoms with E-state index in [9.17, 15) is 5.11 Å². The molecule has 2 aliphatic carbocycles. The van der Waals surface area contributed by atoms with Crippen molar-refractivity contribution in [1.82, 2.24) is 5.32 Å². The van der Waals surface area contributed by atoms with Gasteiger partial charge in [-0.1, -0.05) is 24.3 Å². The van der Waals surface area contributed by atoms with Crippen molar-refractivity contribution in [1.29, 1.82) is 0 Å². The van der Waals surface area contributed by atoms with Crippen LogP contribution >= 0.6 is 0 Å². The van der Waals surface area contributed by atoms with Crippen LogP contribution in [-0.4, -0.2) is 23.3 Å². The molecule has 1 fully saturated rings. The van der Waals surface area contributed by atoms with Crippen LogP contribution in [0.5, 0.6) is 0 Å². The number of aryl methyl sites for hydroxylation is 1. The Hall–Kier alpha value is -0.860. The van der Waals surface area contributed by atoms with E-state index in [-0.39, 0.29) is 0 Å². The minimum atomic E-state index is -0.392. The Morgan fingerprint density at radius 3 is 2.71 bits per heavy atom. The van der Waals surface area contributed by atoms with Crippen molar-refractivity contribution < 1.29 is 5.11 Å². The van der Waals surface area contributed by atoms with Gasteiger partial charge in [0, 0.05) is 12.6 Å². The molecule has 0 amide bonds. The first-order valence-corrected chi connectivity index (χ1v) is 6.78. The Balaban J connectivity index is 1.57. The van der Waals surface area contributed by atoms with Gasteiger partial charge >= 0.3 is 0 Å². The molecular weight excluding hydrogens is 210 g/mol. The van der Waals surface area contributed by atoms with Crippen molar-refractivity contribution in [2.24, 2.45) is 0 Å². The lowest BCUT2D eigenvalue weighted by Crippen LogP contribution is -2.50. The number of hydrogen-bond acceptors (Lipinski definition) is 2. The first-order chi connectivity index (χ1) is 8.25. The summed E-state index contributed by atoms with van der Waals surface area (Å²) in [5, 5.41) is 13.6. The summed E-state index contributed by atoms with van der Waals surface area (Å²) in [4.78, 5) is 0. The number of hydrogen-bond donors (Lipinski definition) is 2.